The van der Waals surface area contributed by atoms with E-state index in [-0.39, 0.29) is 6.01 Å². The number of halogens is 1. The van der Waals surface area contributed by atoms with Gasteiger partial charge in [0.05, 0.1) is 0 Å². The number of benzene rings is 1. The summed E-state index contributed by atoms with van der Waals surface area (Å²) in [6.07, 6.45) is 0. The average molecular weight is 227 g/mol. The molecule has 0 saturated carbocycles. The van der Waals surface area contributed by atoms with E-state index in [4.69, 9.17) is 10.2 Å². The minimum absolute atomic E-state index is 0.211. The number of nitrogens with zero attached hydrogens (tertiary/aromatic N) is 1. The Hall–Kier alpha value is -1.03. The lowest BCUT2D eigenvalue weighted by Gasteiger charge is -1.94. The number of aryl methyl sites for hydroxylation is 1. The Morgan fingerprint density at radius 2 is 2.25 bits per heavy atom. The van der Waals surface area contributed by atoms with Crippen molar-refractivity contribution in [3.63, 3.8) is 0 Å². The molecule has 1 aromatic heterocycles. The number of hydrogen-bond donors (Lipinski definition) is 1. The first-order valence-corrected chi connectivity index (χ1v) is 4.28. The highest BCUT2D eigenvalue weighted by molar-refractivity contribution is 9.10. The molecule has 2 N–H and O–H groups in total. The summed E-state index contributed by atoms with van der Waals surface area (Å²) in [7, 11) is 0. The highest BCUT2D eigenvalue weighted by Crippen LogP contribution is 2.24. The Kier molecular flexibility index (Phi) is 1.58. The van der Waals surface area contributed by atoms with E-state index in [1.807, 2.05) is 19.1 Å². The van der Waals surface area contributed by atoms with Crippen molar-refractivity contribution in [2.24, 2.45) is 0 Å². The predicted octanol–water partition coefficient (Wildman–Crippen LogP) is 2.48. The second-order valence-electron chi connectivity index (χ2n) is 2.62. The average Bonchev–Trinajstić information content (AvgIpc) is 2.30. The Bertz CT molecular complexity index is 397. The van der Waals surface area contributed by atoms with E-state index in [0.29, 0.717) is 5.58 Å². The van der Waals surface area contributed by atoms with Gasteiger partial charge in [-0.3, -0.25) is 0 Å². The molecule has 0 spiro atoms. The lowest BCUT2D eigenvalue weighted by Crippen LogP contribution is -1.80. The smallest absolute Gasteiger partial charge is 0.292 e. The van der Waals surface area contributed by atoms with Crippen LogP contribution < -0.4 is 5.73 Å². The fourth-order valence-electron chi connectivity index (χ4n) is 1.07. The Labute approximate surface area is 77.7 Å². The van der Waals surface area contributed by atoms with Crippen LogP contribution in [-0.4, -0.2) is 4.98 Å². The van der Waals surface area contributed by atoms with Crippen LogP contribution in [0.25, 0.3) is 11.1 Å². The molecule has 1 heterocycles. The third-order valence-electron chi connectivity index (χ3n) is 1.69. The highest BCUT2D eigenvalue weighted by Gasteiger charge is 2.04. The first-order valence-electron chi connectivity index (χ1n) is 3.49. The van der Waals surface area contributed by atoms with E-state index in [9.17, 15) is 0 Å². The summed E-state index contributed by atoms with van der Waals surface area (Å²) in [5, 5.41) is 0. The number of nitrogens with two attached hydrogens (primary N) is 1. The van der Waals surface area contributed by atoms with Crippen molar-refractivity contribution in [2.75, 3.05) is 5.73 Å². The first kappa shape index (κ1) is 7.61. The highest BCUT2D eigenvalue weighted by atomic mass is 79.9. The number of aromatic nitrogens is 1. The Balaban J connectivity index is 2.83. The molecule has 2 rings (SSSR count). The molecule has 0 unspecified atom stereocenters. The topological polar surface area (TPSA) is 52.0 Å². The molecule has 0 saturated heterocycles. The Morgan fingerprint density at radius 1 is 1.50 bits per heavy atom. The number of fused-ring (bicyclic) bond motifs is 1. The molecule has 3 nitrogen and oxygen atoms in total. The lowest BCUT2D eigenvalue weighted by molar-refractivity contribution is 0.626. The molecule has 12 heavy (non-hydrogen) atoms. The molecule has 4 heteroatoms. The van der Waals surface area contributed by atoms with Crippen molar-refractivity contribution < 1.29 is 4.42 Å². The maximum atomic E-state index is 5.40. The number of nitrogen functional groups attached to an aromatic ring is 1. The van der Waals surface area contributed by atoms with Gasteiger partial charge in [0, 0.05) is 4.47 Å². The molecule has 0 aliphatic carbocycles. The summed E-state index contributed by atoms with van der Waals surface area (Å²) in [5.74, 6) is 0. The summed E-state index contributed by atoms with van der Waals surface area (Å²) >= 11 is 3.40. The van der Waals surface area contributed by atoms with Crippen LogP contribution in [0.5, 0.6) is 0 Å². The van der Waals surface area contributed by atoms with E-state index in [2.05, 4.69) is 20.9 Å². The van der Waals surface area contributed by atoms with Crippen LogP contribution in [0.1, 0.15) is 5.56 Å². The molecule has 62 valence electrons. The fraction of sp³-hybridized carbons (Fsp3) is 0.125. The molecule has 0 amide bonds. The molecule has 0 bridgehead atoms. The van der Waals surface area contributed by atoms with Crippen LogP contribution >= 0.6 is 15.9 Å². The van der Waals surface area contributed by atoms with Crippen molar-refractivity contribution in [2.45, 2.75) is 6.92 Å². The van der Waals surface area contributed by atoms with E-state index in [1.54, 1.807) is 0 Å². The largest absolute Gasteiger partial charge is 0.424 e. The fourth-order valence-corrected chi connectivity index (χ4v) is 1.39. The van der Waals surface area contributed by atoms with Gasteiger partial charge in [-0.1, -0.05) is 15.9 Å². The number of rotatable bonds is 0. The molecule has 0 aliphatic rings. The molecule has 0 radical (unpaired) electrons. The summed E-state index contributed by atoms with van der Waals surface area (Å²) in [4.78, 5) is 4.01. The molecule has 1 aromatic carbocycles. The quantitative estimate of drug-likeness (QED) is 0.752. The van der Waals surface area contributed by atoms with Gasteiger partial charge in [-0.05, 0) is 24.6 Å². The van der Waals surface area contributed by atoms with Gasteiger partial charge in [-0.25, -0.2) is 0 Å². The molecular formula is C8H7BrN2O. The van der Waals surface area contributed by atoms with Crippen molar-refractivity contribution in [1.82, 2.24) is 4.98 Å². The van der Waals surface area contributed by atoms with Gasteiger partial charge in [-0.2, -0.15) is 4.98 Å². The van der Waals surface area contributed by atoms with Gasteiger partial charge in [0.15, 0.2) is 5.58 Å². The first-order chi connectivity index (χ1) is 5.66. The monoisotopic (exact) mass is 226 g/mol. The van der Waals surface area contributed by atoms with Gasteiger partial charge in [0.25, 0.3) is 6.01 Å². The van der Waals surface area contributed by atoms with Crippen LogP contribution in [-0.2, 0) is 0 Å². The minimum atomic E-state index is 0.211. The van der Waals surface area contributed by atoms with Crippen LogP contribution in [0.2, 0.25) is 0 Å². The van der Waals surface area contributed by atoms with E-state index >= 15 is 0 Å². The lowest BCUT2D eigenvalue weighted by atomic mass is 10.2. The third-order valence-corrected chi connectivity index (χ3v) is 2.54. The maximum Gasteiger partial charge on any atom is 0.292 e. The summed E-state index contributed by atoms with van der Waals surface area (Å²) < 4.78 is 6.15. The molecule has 0 aliphatic heterocycles. The van der Waals surface area contributed by atoms with Crippen molar-refractivity contribution in [1.29, 1.82) is 0 Å². The zero-order chi connectivity index (χ0) is 8.72. The van der Waals surface area contributed by atoms with Gasteiger partial charge in [-0.15, -0.1) is 0 Å². The molecule has 0 atom stereocenters. The van der Waals surface area contributed by atoms with E-state index in [0.717, 1.165) is 15.6 Å². The van der Waals surface area contributed by atoms with Crippen LogP contribution in [0.4, 0.5) is 6.01 Å². The van der Waals surface area contributed by atoms with Crippen LogP contribution in [0.15, 0.2) is 21.0 Å². The second kappa shape index (κ2) is 2.48. The van der Waals surface area contributed by atoms with Gasteiger partial charge in [0.2, 0.25) is 0 Å². The number of oxazole rings is 1. The van der Waals surface area contributed by atoms with Crippen LogP contribution in [0.3, 0.4) is 0 Å². The zero-order valence-corrected chi connectivity index (χ0v) is 8.05. The standard InChI is InChI=1S/C8H7BrN2O/c1-4-2-6-7(3-5(4)9)12-8(10)11-6/h2-3H,1H3,(H2,10,11). The van der Waals surface area contributed by atoms with Crippen LogP contribution in [0, 0.1) is 6.92 Å². The predicted molar refractivity (Wildman–Crippen MR) is 50.9 cm³/mol. The van der Waals surface area contributed by atoms with Gasteiger partial charge >= 0.3 is 0 Å². The second-order valence-corrected chi connectivity index (χ2v) is 3.48. The molecule has 2 aromatic rings. The minimum Gasteiger partial charge on any atom is -0.424 e. The van der Waals surface area contributed by atoms with Gasteiger partial charge < -0.3 is 10.2 Å². The van der Waals surface area contributed by atoms with E-state index in [1.165, 1.54) is 0 Å². The number of hydrogen-bond acceptors (Lipinski definition) is 3. The SMILES string of the molecule is Cc1cc2nc(N)oc2cc1Br. The summed E-state index contributed by atoms with van der Waals surface area (Å²) in [6, 6.07) is 4.01. The normalized spacial score (nSPS) is 10.8. The van der Waals surface area contributed by atoms with Gasteiger partial charge in [0.1, 0.15) is 5.52 Å². The summed E-state index contributed by atoms with van der Waals surface area (Å²) in [5.41, 5.74) is 8.03. The molecule has 0 fully saturated rings. The molecular weight excluding hydrogens is 220 g/mol. The van der Waals surface area contributed by atoms with Crippen molar-refractivity contribution in [3.05, 3.63) is 22.2 Å². The third kappa shape index (κ3) is 1.08. The van der Waals surface area contributed by atoms with E-state index < -0.39 is 0 Å². The zero-order valence-electron chi connectivity index (χ0n) is 6.47. The Morgan fingerprint density at radius 3 is 3.00 bits per heavy atom. The number of anilines is 1. The van der Waals surface area contributed by atoms with Crippen molar-refractivity contribution >= 4 is 33.0 Å². The maximum absolute atomic E-state index is 5.40. The van der Waals surface area contributed by atoms with Crippen molar-refractivity contribution in [3.8, 4) is 0 Å². The summed E-state index contributed by atoms with van der Waals surface area (Å²) in [6.45, 7) is 1.99.